The van der Waals surface area contributed by atoms with Crippen LogP contribution in [-0.4, -0.2) is 39.3 Å². The minimum atomic E-state index is -1.18. The van der Waals surface area contributed by atoms with E-state index in [1.807, 2.05) is 6.92 Å². The molecule has 0 saturated heterocycles. The van der Waals surface area contributed by atoms with Gasteiger partial charge in [-0.1, -0.05) is 13.3 Å². The average molecular weight is 235 g/mol. The van der Waals surface area contributed by atoms with Crippen LogP contribution in [0.4, 0.5) is 0 Å². The molecule has 0 fully saturated rings. The molecule has 3 N–H and O–H groups in total. The van der Waals surface area contributed by atoms with Crippen LogP contribution in [0.2, 0.25) is 0 Å². The molecule has 15 heavy (non-hydrogen) atoms. The SMILES string of the molecule is CCCCSC(NC(=O)C(C)O)C(=O)O. The maximum Gasteiger partial charge on any atom is 0.336 e. The van der Waals surface area contributed by atoms with E-state index < -0.39 is 23.4 Å². The molecule has 0 radical (unpaired) electrons. The molecule has 0 aliphatic carbocycles. The number of hydrogen-bond acceptors (Lipinski definition) is 4. The van der Waals surface area contributed by atoms with Crippen LogP contribution < -0.4 is 5.32 Å². The first-order chi connectivity index (χ1) is 6.99. The molecule has 0 spiro atoms. The summed E-state index contributed by atoms with van der Waals surface area (Å²) in [5, 5.41) is 19.0. The van der Waals surface area contributed by atoms with E-state index in [0.717, 1.165) is 24.6 Å². The Hall–Kier alpha value is -0.750. The molecule has 0 aromatic carbocycles. The summed E-state index contributed by atoms with van der Waals surface area (Å²) in [5.41, 5.74) is 0. The van der Waals surface area contributed by atoms with Gasteiger partial charge in [-0.25, -0.2) is 4.79 Å². The first-order valence-corrected chi connectivity index (χ1v) is 5.86. The Balaban J connectivity index is 4.05. The number of rotatable bonds is 7. The third kappa shape index (κ3) is 6.35. The topological polar surface area (TPSA) is 86.6 Å². The van der Waals surface area contributed by atoms with E-state index in [0.29, 0.717) is 5.75 Å². The highest BCUT2D eigenvalue weighted by atomic mass is 32.2. The van der Waals surface area contributed by atoms with Crippen molar-refractivity contribution in [2.75, 3.05) is 5.75 Å². The van der Waals surface area contributed by atoms with Crippen LogP contribution >= 0.6 is 11.8 Å². The molecule has 0 aliphatic rings. The maximum atomic E-state index is 11.1. The van der Waals surface area contributed by atoms with Gasteiger partial charge in [-0.05, 0) is 19.1 Å². The summed E-state index contributed by atoms with van der Waals surface area (Å²) in [7, 11) is 0. The highest BCUT2D eigenvalue weighted by Crippen LogP contribution is 2.11. The predicted octanol–water partition coefficient (Wildman–Crippen LogP) is 0.427. The van der Waals surface area contributed by atoms with Crippen molar-refractivity contribution in [2.45, 2.75) is 38.2 Å². The van der Waals surface area contributed by atoms with Crippen LogP contribution in [0.3, 0.4) is 0 Å². The number of carbonyl (C=O) groups is 2. The van der Waals surface area contributed by atoms with E-state index in [2.05, 4.69) is 5.32 Å². The molecule has 1 amide bonds. The summed E-state index contributed by atoms with van der Waals surface area (Å²) in [5.74, 6) is -1.08. The molecule has 0 saturated carbocycles. The Kier molecular flexibility index (Phi) is 7.15. The Bertz CT molecular complexity index is 220. The number of carboxylic acids is 1. The molecular weight excluding hydrogens is 218 g/mol. The summed E-state index contributed by atoms with van der Waals surface area (Å²) < 4.78 is 0. The molecule has 2 unspecified atom stereocenters. The van der Waals surface area contributed by atoms with Crippen molar-refractivity contribution in [3.05, 3.63) is 0 Å². The Morgan fingerprint density at radius 2 is 2.07 bits per heavy atom. The molecular formula is C9H17NO4S. The van der Waals surface area contributed by atoms with Crippen LogP contribution in [0.1, 0.15) is 26.7 Å². The van der Waals surface area contributed by atoms with Gasteiger partial charge in [-0.3, -0.25) is 4.79 Å². The van der Waals surface area contributed by atoms with E-state index in [1.165, 1.54) is 6.92 Å². The van der Waals surface area contributed by atoms with Crippen molar-refractivity contribution in [2.24, 2.45) is 0 Å². The van der Waals surface area contributed by atoms with Crippen molar-refractivity contribution in [3.8, 4) is 0 Å². The number of thioether (sulfide) groups is 1. The lowest BCUT2D eigenvalue weighted by molar-refractivity contribution is -0.140. The van der Waals surface area contributed by atoms with Gasteiger partial charge in [0.15, 0.2) is 5.37 Å². The van der Waals surface area contributed by atoms with Gasteiger partial charge in [-0.15, -0.1) is 11.8 Å². The number of aliphatic hydroxyl groups excluding tert-OH is 1. The third-order valence-electron chi connectivity index (χ3n) is 1.66. The normalized spacial score (nSPS) is 14.3. The number of hydrogen-bond donors (Lipinski definition) is 3. The lowest BCUT2D eigenvalue weighted by atomic mass is 10.4. The Morgan fingerprint density at radius 1 is 1.47 bits per heavy atom. The third-order valence-corrected chi connectivity index (χ3v) is 2.84. The fourth-order valence-corrected chi connectivity index (χ4v) is 1.80. The lowest BCUT2D eigenvalue weighted by Crippen LogP contribution is -2.43. The second-order valence-electron chi connectivity index (χ2n) is 3.13. The van der Waals surface area contributed by atoms with Crippen molar-refractivity contribution in [3.63, 3.8) is 0 Å². The van der Waals surface area contributed by atoms with Crippen LogP contribution in [-0.2, 0) is 9.59 Å². The zero-order valence-electron chi connectivity index (χ0n) is 8.90. The van der Waals surface area contributed by atoms with Gasteiger partial charge in [-0.2, -0.15) is 0 Å². The second kappa shape index (κ2) is 7.53. The zero-order chi connectivity index (χ0) is 11.8. The number of nitrogens with one attached hydrogen (secondary N) is 1. The van der Waals surface area contributed by atoms with E-state index >= 15 is 0 Å². The van der Waals surface area contributed by atoms with Crippen LogP contribution in [0.15, 0.2) is 0 Å². The number of amides is 1. The van der Waals surface area contributed by atoms with E-state index in [4.69, 9.17) is 10.2 Å². The summed E-state index contributed by atoms with van der Waals surface area (Å²) in [4.78, 5) is 21.8. The highest BCUT2D eigenvalue weighted by Gasteiger charge is 2.21. The van der Waals surface area contributed by atoms with Gasteiger partial charge in [0, 0.05) is 0 Å². The number of aliphatic carboxylic acids is 1. The number of unbranched alkanes of at least 4 members (excludes halogenated alkanes) is 1. The van der Waals surface area contributed by atoms with Gasteiger partial charge in [0.1, 0.15) is 6.10 Å². The number of carboxylic acid groups (broad SMARTS) is 1. The van der Waals surface area contributed by atoms with Gasteiger partial charge in [0.25, 0.3) is 0 Å². The van der Waals surface area contributed by atoms with Crippen molar-refractivity contribution < 1.29 is 19.8 Å². The molecule has 0 bridgehead atoms. The van der Waals surface area contributed by atoms with Crippen LogP contribution in [0.25, 0.3) is 0 Å². The van der Waals surface area contributed by atoms with E-state index in [9.17, 15) is 9.59 Å². The fraction of sp³-hybridized carbons (Fsp3) is 0.778. The zero-order valence-corrected chi connectivity index (χ0v) is 9.71. The standard InChI is InChI=1S/C9H17NO4S/c1-3-4-5-15-8(9(13)14)10-7(12)6(2)11/h6,8,11H,3-5H2,1-2H3,(H,10,12)(H,13,14). The summed E-state index contributed by atoms with van der Waals surface area (Å²) in [6.07, 6.45) is 0.696. The Morgan fingerprint density at radius 3 is 2.47 bits per heavy atom. The predicted molar refractivity (Wildman–Crippen MR) is 58.6 cm³/mol. The van der Waals surface area contributed by atoms with Crippen molar-refractivity contribution >= 4 is 23.6 Å². The number of carbonyl (C=O) groups excluding carboxylic acids is 1. The molecule has 0 heterocycles. The fourth-order valence-electron chi connectivity index (χ4n) is 0.770. The second-order valence-corrected chi connectivity index (χ2v) is 4.34. The maximum absolute atomic E-state index is 11.1. The molecule has 0 aliphatic heterocycles. The van der Waals surface area contributed by atoms with Crippen LogP contribution in [0, 0.1) is 0 Å². The summed E-state index contributed by atoms with van der Waals surface area (Å²) >= 11 is 1.16. The first-order valence-electron chi connectivity index (χ1n) is 4.81. The van der Waals surface area contributed by atoms with E-state index in [-0.39, 0.29) is 0 Å². The van der Waals surface area contributed by atoms with Crippen molar-refractivity contribution in [1.82, 2.24) is 5.32 Å². The molecule has 5 nitrogen and oxygen atoms in total. The van der Waals surface area contributed by atoms with Gasteiger partial charge < -0.3 is 15.5 Å². The molecule has 0 rings (SSSR count). The van der Waals surface area contributed by atoms with Gasteiger partial charge in [0.05, 0.1) is 0 Å². The molecule has 0 aromatic rings. The smallest absolute Gasteiger partial charge is 0.336 e. The summed E-state index contributed by atoms with van der Waals surface area (Å²) in [6, 6.07) is 0. The van der Waals surface area contributed by atoms with Crippen molar-refractivity contribution in [1.29, 1.82) is 0 Å². The van der Waals surface area contributed by atoms with Gasteiger partial charge >= 0.3 is 5.97 Å². The minimum absolute atomic E-state index is 0.661. The molecule has 6 heteroatoms. The summed E-state index contributed by atoms with van der Waals surface area (Å²) in [6.45, 7) is 3.30. The quantitative estimate of drug-likeness (QED) is 0.440. The monoisotopic (exact) mass is 235 g/mol. The first kappa shape index (κ1) is 14.2. The highest BCUT2D eigenvalue weighted by molar-refractivity contribution is 8.00. The average Bonchev–Trinajstić information content (AvgIpc) is 2.15. The van der Waals surface area contributed by atoms with Crippen LogP contribution in [0.5, 0.6) is 0 Å². The molecule has 0 aromatic heterocycles. The minimum Gasteiger partial charge on any atom is -0.479 e. The Labute approximate surface area is 93.2 Å². The molecule has 2 atom stereocenters. The number of aliphatic hydroxyl groups is 1. The molecule has 88 valence electrons. The largest absolute Gasteiger partial charge is 0.479 e. The van der Waals surface area contributed by atoms with Gasteiger partial charge in [0.2, 0.25) is 5.91 Å². The van der Waals surface area contributed by atoms with E-state index in [1.54, 1.807) is 0 Å². The lowest BCUT2D eigenvalue weighted by Gasteiger charge is -2.14.